The van der Waals surface area contributed by atoms with Crippen molar-refractivity contribution in [2.45, 2.75) is 45.7 Å². The first kappa shape index (κ1) is 13.1. The Bertz CT molecular complexity index is 456. The van der Waals surface area contributed by atoms with E-state index in [2.05, 4.69) is 13.0 Å². The molecule has 2 N–H and O–H groups in total. The number of carbonyl (C=O) groups is 1. The van der Waals surface area contributed by atoms with Crippen molar-refractivity contribution in [3.8, 4) is 0 Å². The van der Waals surface area contributed by atoms with Crippen LogP contribution < -0.4 is 5.73 Å². The number of aryl methyl sites for hydroxylation is 2. The van der Waals surface area contributed by atoms with Gasteiger partial charge in [-0.25, -0.2) is 0 Å². The van der Waals surface area contributed by atoms with Crippen LogP contribution in [0.2, 0.25) is 0 Å². The zero-order valence-corrected chi connectivity index (χ0v) is 11.4. The molecule has 0 aromatic heterocycles. The zero-order valence-electron chi connectivity index (χ0n) is 11.4. The fourth-order valence-electron chi connectivity index (χ4n) is 2.72. The van der Waals surface area contributed by atoms with Crippen molar-refractivity contribution in [2.24, 2.45) is 5.73 Å². The molecule has 1 saturated heterocycles. The summed E-state index contributed by atoms with van der Waals surface area (Å²) in [5.41, 5.74) is 9.01. The minimum Gasteiger partial charge on any atom is -0.336 e. The third kappa shape index (κ3) is 2.56. The predicted molar refractivity (Wildman–Crippen MR) is 73.6 cm³/mol. The van der Waals surface area contributed by atoms with Crippen LogP contribution in [0, 0.1) is 13.8 Å². The second-order valence-corrected chi connectivity index (χ2v) is 5.45. The van der Waals surface area contributed by atoms with E-state index >= 15 is 0 Å². The van der Waals surface area contributed by atoms with Gasteiger partial charge in [0.1, 0.15) is 0 Å². The number of amides is 1. The number of hydrogen-bond acceptors (Lipinski definition) is 2. The van der Waals surface area contributed by atoms with Gasteiger partial charge in [0.05, 0.1) is 0 Å². The highest BCUT2D eigenvalue weighted by Crippen LogP contribution is 2.20. The summed E-state index contributed by atoms with van der Waals surface area (Å²) in [5, 5.41) is 0. The lowest BCUT2D eigenvalue weighted by atomic mass is 9.97. The average Bonchev–Trinajstić information content (AvgIpc) is 2.28. The van der Waals surface area contributed by atoms with Crippen molar-refractivity contribution in [3.63, 3.8) is 0 Å². The molecule has 1 amide bonds. The van der Waals surface area contributed by atoms with Gasteiger partial charge in [0.2, 0.25) is 0 Å². The molecule has 0 spiro atoms. The van der Waals surface area contributed by atoms with Crippen LogP contribution in [0.3, 0.4) is 0 Å². The molecule has 1 heterocycles. The van der Waals surface area contributed by atoms with Crippen LogP contribution in [0.4, 0.5) is 0 Å². The van der Waals surface area contributed by atoms with Gasteiger partial charge in [-0.05, 0) is 45.2 Å². The van der Waals surface area contributed by atoms with Gasteiger partial charge in [0, 0.05) is 24.2 Å². The van der Waals surface area contributed by atoms with Crippen LogP contribution in [-0.2, 0) is 0 Å². The van der Waals surface area contributed by atoms with E-state index in [9.17, 15) is 4.79 Å². The minimum atomic E-state index is 0.145. The molecule has 0 aliphatic carbocycles. The van der Waals surface area contributed by atoms with Gasteiger partial charge in [-0.3, -0.25) is 4.79 Å². The number of hydrogen-bond donors (Lipinski definition) is 1. The Labute approximate surface area is 109 Å². The summed E-state index contributed by atoms with van der Waals surface area (Å²) in [6.45, 7) is 6.90. The largest absolute Gasteiger partial charge is 0.336 e. The van der Waals surface area contributed by atoms with Gasteiger partial charge >= 0.3 is 0 Å². The predicted octanol–water partition coefficient (Wildman–Crippen LogP) is 2.26. The van der Waals surface area contributed by atoms with Crippen LogP contribution in [-0.4, -0.2) is 29.4 Å². The van der Waals surface area contributed by atoms with Crippen LogP contribution in [0.15, 0.2) is 18.2 Å². The van der Waals surface area contributed by atoms with E-state index in [4.69, 9.17) is 5.73 Å². The molecule has 3 heteroatoms. The molecule has 0 bridgehead atoms. The van der Waals surface area contributed by atoms with Crippen LogP contribution in [0.5, 0.6) is 0 Å². The summed E-state index contributed by atoms with van der Waals surface area (Å²) in [7, 11) is 0. The molecule has 0 unspecified atom stereocenters. The number of nitrogens with two attached hydrogens (primary N) is 1. The Morgan fingerprint density at radius 1 is 1.39 bits per heavy atom. The molecule has 1 aliphatic rings. The van der Waals surface area contributed by atoms with Gasteiger partial charge in [0.15, 0.2) is 0 Å². The maximum Gasteiger partial charge on any atom is 0.254 e. The summed E-state index contributed by atoms with van der Waals surface area (Å²) in [6, 6.07) is 6.48. The highest BCUT2D eigenvalue weighted by Gasteiger charge is 2.28. The molecular weight excluding hydrogens is 224 g/mol. The number of piperidine rings is 1. The molecule has 2 rings (SSSR count). The maximum atomic E-state index is 12.5. The van der Waals surface area contributed by atoms with Crippen molar-refractivity contribution in [1.82, 2.24) is 4.90 Å². The van der Waals surface area contributed by atoms with Crippen molar-refractivity contribution in [3.05, 3.63) is 34.9 Å². The van der Waals surface area contributed by atoms with E-state index in [1.54, 1.807) is 0 Å². The zero-order chi connectivity index (χ0) is 13.3. The third-order valence-corrected chi connectivity index (χ3v) is 3.79. The average molecular weight is 246 g/mol. The summed E-state index contributed by atoms with van der Waals surface area (Å²) >= 11 is 0. The molecule has 3 nitrogen and oxygen atoms in total. The first-order valence-corrected chi connectivity index (χ1v) is 6.63. The van der Waals surface area contributed by atoms with Crippen molar-refractivity contribution in [1.29, 1.82) is 0 Å². The second kappa shape index (κ2) is 5.11. The fourth-order valence-corrected chi connectivity index (χ4v) is 2.72. The van der Waals surface area contributed by atoms with Crippen molar-refractivity contribution < 1.29 is 4.79 Å². The van der Waals surface area contributed by atoms with E-state index in [-0.39, 0.29) is 18.0 Å². The maximum absolute atomic E-state index is 12.5. The fraction of sp³-hybridized carbons (Fsp3) is 0.533. The second-order valence-electron chi connectivity index (χ2n) is 5.45. The van der Waals surface area contributed by atoms with Crippen LogP contribution >= 0.6 is 0 Å². The Kier molecular flexibility index (Phi) is 3.71. The summed E-state index contributed by atoms with van der Waals surface area (Å²) in [5.74, 6) is 0.145. The molecule has 98 valence electrons. The molecule has 2 atom stereocenters. The lowest BCUT2D eigenvalue weighted by molar-refractivity contribution is 0.0618. The molecule has 1 aliphatic heterocycles. The summed E-state index contributed by atoms with van der Waals surface area (Å²) in [6.07, 6.45) is 1.80. The molecule has 1 aromatic rings. The number of rotatable bonds is 1. The number of likely N-dealkylation sites (tertiary alicyclic amines) is 1. The first-order chi connectivity index (χ1) is 8.49. The van der Waals surface area contributed by atoms with Crippen molar-refractivity contribution in [2.75, 3.05) is 6.54 Å². The lowest BCUT2D eigenvalue weighted by Gasteiger charge is -2.36. The van der Waals surface area contributed by atoms with Gasteiger partial charge < -0.3 is 10.6 Å². The molecule has 1 fully saturated rings. The molecule has 18 heavy (non-hydrogen) atoms. The molecule has 0 saturated carbocycles. The number of nitrogens with zero attached hydrogens (tertiary/aromatic N) is 1. The highest BCUT2D eigenvalue weighted by atomic mass is 16.2. The van der Waals surface area contributed by atoms with E-state index in [0.717, 1.165) is 30.5 Å². The molecule has 1 aromatic carbocycles. The SMILES string of the molecule is Cc1ccc(C(=O)N2CC[C@H](N)C[C@@H]2C)c(C)c1. The van der Waals surface area contributed by atoms with Gasteiger partial charge in [0.25, 0.3) is 5.91 Å². The monoisotopic (exact) mass is 246 g/mol. The minimum absolute atomic E-state index is 0.145. The summed E-state index contributed by atoms with van der Waals surface area (Å²) in [4.78, 5) is 14.5. The van der Waals surface area contributed by atoms with Crippen LogP contribution in [0.25, 0.3) is 0 Å². The smallest absolute Gasteiger partial charge is 0.254 e. The molecular formula is C15H22N2O. The lowest BCUT2D eigenvalue weighted by Crippen LogP contribution is -2.48. The van der Waals surface area contributed by atoms with E-state index < -0.39 is 0 Å². The topological polar surface area (TPSA) is 46.3 Å². The van der Waals surface area contributed by atoms with E-state index in [0.29, 0.717) is 0 Å². The Hall–Kier alpha value is -1.35. The normalized spacial score (nSPS) is 24.1. The Balaban J connectivity index is 2.20. The van der Waals surface area contributed by atoms with Crippen molar-refractivity contribution >= 4 is 5.91 Å². The summed E-state index contributed by atoms with van der Waals surface area (Å²) < 4.78 is 0. The number of benzene rings is 1. The quantitative estimate of drug-likeness (QED) is 0.826. The Morgan fingerprint density at radius 3 is 2.72 bits per heavy atom. The van der Waals surface area contributed by atoms with Gasteiger partial charge in [-0.2, -0.15) is 0 Å². The Morgan fingerprint density at radius 2 is 2.11 bits per heavy atom. The van der Waals surface area contributed by atoms with Crippen LogP contribution in [0.1, 0.15) is 41.3 Å². The van der Waals surface area contributed by atoms with Gasteiger partial charge in [-0.15, -0.1) is 0 Å². The number of carbonyl (C=O) groups excluding carboxylic acids is 1. The molecule has 0 radical (unpaired) electrons. The third-order valence-electron chi connectivity index (χ3n) is 3.79. The first-order valence-electron chi connectivity index (χ1n) is 6.63. The van der Waals surface area contributed by atoms with E-state index in [1.807, 2.05) is 30.9 Å². The van der Waals surface area contributed by atoms with Gasteiger partial charge in [-0.1, -0.05) is 17.7 Å². The van der Waals surface area contributed by atoms with E-state index in [1.165, 1.54) is 5.56 Å². The highest BCUT2D eigenvalue weighted by molar-refractivity contribution is 5.96. The standard InChI is InChI=1S/C15H22N2O/c1-10-4-5-14(11(2)8-10)15(18)17-7-6-13(16)9-12(17)3/h4-5,8,12-13H,6-7,9,16H2,1-3H3/t12-,13-/m0/s1.